The van der Waals surface area contributed by atoms with Crippen LogP contribution in [0.1, 0.15) is 58.8 Å². The van der Waals surface area contributed by atoms with Crippen molar-refractivity contribution >= 4 is 30.2 Å². The molecule has 6 aromatic carbocycles. The van der Waals surface area contributed by atoms with Gasteiger partial charge in [0, 0.05) is 12.4 Å². The standard InChI is InChI=1S/C52H46B2N2O3.CH4/c1-37-11-17-40(18-12-37)41-23-25-45(26-24-41)54(59-52(50-10-6-8-36-56-50)43-21-15-39(3)16-22-43)46-29-33-48(34-30-46)57-47-31-27-44(28-32-47)53(4)58-51(49-9-5-7-35-55-49)42-19-13-38(2)14-20-42;/h5-36,51-52H,1-4H3;1H4. The normalized spacial score (nSPS) is 11.9. The molecule has 0 amide bonds. The van der Waals surface area contributed by atoms with Crippen molar-refractivity contribution in [3.63, 3.8) is 0 Å². The molecule has 2 atom stereocenters. The highest BCUT2D eigenvalue weighted by Crippen LogP contribution is 2.29. The molecule has 0 spiro atoms. The molecule has 2 heterocycles. The van der Waals surface area contributed by atoms with Crippen molar-refractivity contribution in [2.45, 2.75) is 47.2 Å². The largest absolute Gasteiger partial charge is 0.457 e. The SMILES string of the molecule is C.CB(OC(c1ccc(C)cc1)c1ccccn1)c1ccc(Oc2ccc(B(OC(c3ccc(C)cc3)c3ccccn3)c3ccc(-c4ccc(C)cc4)cc3)cc2)cc1. The highest BCUT2D eigenvalue weighted by atomic mass is 16.5. The maximum absolute atomic E-state index is 7.16. The van der Waals surface area contributed by atoms with Crippen molar-refractivity contribution in [3.8, 4) is 22.6 Å². The minimum absolute atomic E-state index is 0. The van der Waals surface area contributed by atoms with Crippen LogP contribution >= 0.6 is 0 Å². The molecule has 0 bridgehead atoms. The fraction of sp³-hybridized carbons (Fsp3) is 0.132. The number of pyridine rings is 2. The zero-order valence-corrected chi connectivity index (χ0v) is 33.9. The Morgan fingerprint density at radius 3 is 1.23 bits per heavy atom. The lowest BCUT2D eigenvalue weighted by molar-refractivity contribution is 0.250. The molecule has 0 aliphatic heterocycles. The lowest BCUT2D eigenvalue weighted by Crippen LogP contribution is -2.46. The van der Waals surface area contributed by atoms with Crippen LogP contribution in [0.2, 0.25) is 6.82 Å². The lowest BCUT2D eigenvalue weighted by atomic mass is 9.55. The Kier molecular flexibility index (Phi) is 13.5. The molecule has 0 saturated carbocycles. The highest BCUT2D eigenvalue weighted by Gasteiger charge is 2.29. The van der Waals surface area contributed by atoms with E-state index in [9.17, 15) is 0 Å². The van der Waals surface area contributed by atoms with Crippen LogP contribution in [0.25, 0.3) is 11.1 Å². The van der Waals surface area contributed by atoms with Crippen LogP contribution in [0.5, 0.6) is 11.5 Å². The molecule has 5 nitrogen and oxygen atoms in total. The van der Waals surface area contributed by atoms with E-state index in [0.717, 1.165) is 56.0 Å². The maximum Gasteiger partial charge on any atom is 0.362 e. The van der Waals surface area contributed by atoms with Crippen molar-refractivity contribution in [2.24, 2.45) is 0 Å². The number of nitrogens with zero attached hydrogens (tertiary/aromatic N) is 2. The quantitative estimate of drug-likeness (QED) is 0.103. The predicted molar refractivity (Wildman–Crippen MR) is 249 cm³/mol. The van der Waals surface area contributed by atoms with E-state index in [4.69, 9.17) is 19.0 Å². The van der Waals surface area contributed by atoms with Crippen LogP contribution in [0, 0.1) is 20.8 Å². The minimum Gasteiger partial charge on any atom is -0.457 e. The molecule has 0 aliphatic rings. The van der Waals surface area contributed by atoms with Crippen LogP contribution in [-0.4, -0.2) is 23.8 Å². The summed E-state index contributed by atoms with van der Waals surface area (Å²) in [6, 6.07) is 62.5. The Morgan fingerprint density at radius 2 is 0.800 bits per heavy atom. The Bertz CT molecular complexity index is 2540. The van der Waals surface area contributed by atoms with Gasteiger partial charge in [-0.05, 0) is 108 Å². The maximum atomic E-state index is 7.16. The van der Waals surface area contributed by atoms with E-state index in [1.54, 1.807) is 0 Å². The van der Waals surface area contributed by atoms with Gasteiger partial charge in [-0.15, -0.1) is 0 Å². The smallest absolute Gasteiger partial charge is 0.362 e. The fourth-order valence-corrected chi connectivity index (χ4v) is 7.20. The molecule has 0 aliphatic carbocycles. The average Bonchev–Trinajstić information content (AvgIpc) is 3.28. The number of rotatable bonds is 14. The summed E-state index contributed by atoms with van der Waals surface area (Å²) in [5.41, 5.74) is 12.9. The van der Waals surface area contributed by atoms with E-state index < -0.39 is 6.10 Å². The van der Waals surface area contributed by atoms with Crippen molar-refractivity contribution in [1.82, 2.24) is 9.97 Å². The van der Waals surface area contributed by atoms with Crippen molar-refractivity contribution in [2.75, 3.05) is 0 Å². The van der Waals surface area contributed by atoms with Gasteiger partial charge >= 0.3 is 13.8 Å². The summed E-state index contributed by atoms with van der Waals surface area (Å²) in [6.07, 6.45) is 2.94. The first-order valence-corrected chi connectivity index (χ1v) is 20.2. The zero-order valence-electron chi connectivity index (χ0n) is 33.9. The number of ether oxygens (including phenoxy) is 1. The third kappa shape index (κ3) is 10.2. The Morgan fingerprint density at radius 1 is 0.417 bits per heavy atom. The fourth-order valence-electron chi connectivity index (χ4n) is 7.20. The van der Waals surface area contributed by atoms with E-state index in [2.05, 4.69) is 154 Å². The number of aromatic nitrogens is 2. The van der Waals surface area contributed by atoms with E-state index in [-0.39, 0.29) is 27.4 Å². The average molecular weight is 785 g/mol. The molecule has 0 fully saturated rings. The molecule has 8 aromatic rings. The van der Waals surface area contributed by atoms with E-state index in [0.29, 0.717) is 0 Å². The third-order valence-electron chi connectivity index (χ3n) is 10.7. The lowest BCUT2D eigenvalue weighted by Gasteiger charge is -2.24. The van der Waals surface area contributed by atoms with Crippen LogP contribution in [0.15, 0.2) is 194 Å². The van der Waals surface area contributed by atoms with Gasteiger partial charge in [0.1, 0.15) is 23.7 Å². The minimum atomic E-state index is -0.393. The van der Waals surface area contributed by atoms with Crippen LogP contribution < -0.4 is 21.1 Å². The van der Waals surface area contributed by atoms with Gasteiger partial charge in [0.15, 0.2) is 0 Å². The molecule has 60 heavy (non-hydrogen) atoms. The first-order chi connectivity index (χ1) is 28.9. The molecular formula is C53H50B2N2O3. The van der Waals surface area contributed by atoms with E-state index >= 15 is 0 Å². The highest BCUT2D eigenvalue weighted by molar-refractivity contribution is 6.80. The molecule has 7 heteroatoms. The van der Waals surface area contributed by atoms with Crippen LogP contribution in [-0.2, 0) is 9.31 Å². The number of benzene rings is 6. The van der Waals surface area contributed by atoms with Crippen LogP contribution in [0.4, 0.5) is 0 Å². The summed E-state index contributed by atoms with van der Waals surface area (Å²) in [5, 5.41) is 0. The van der Waals surface area contributed by atoms with Crippen molar-refractivity contribution in [3.05, 3.63) is 234 Å². The van der Waals surface area contributed by atoms with Gasteiger partial charge in [-0.3, -0.25) is 9.97 Å². The van der Waals surface area contributed by atoms with Crippen LogP contribution in [0.3, 0.4) is 0 Å². The number of aryl methyl sites for hydroxylation is 3. The van der Waals surface area contributed by atoms with E-state index in [1.165, 1.54) is 22.3 Å². The second-order valence-electron chi connectivity index (χ2n) is 15.1. The second-order valence-corrected chi connectivity index (χ2v) is 15.1. The van der Waals surface area contributed by atoms with Gasteiger partial charge in [-0.25, -0.2) is 0 Å². The summed E-state index contributed by atoms with van der Waals surface area (Å²) in [4.78, 5) is 9.37. The number of hydrogen-bond donors (Lipinski definition) is 0. The summed E-state index contributed by atoms with van der Waals surface area (Å²) in [6.45, 7) is 7.79. The van der Waals surface area contributed by atoms with Crippen molar-refractivity contribution < 1.29 is 14.0 Å². The van der Waals surface area contributed by atoms with Gasteiger partial charge in [0.25, 0.3) is 0 Å². The Labute approximate surface area is 356 Å². The molecule has 2 aromatic heterocycles. The second kappa shape index (κ2) is 19.5. The number of hydrogen-bond acceptors (Lipinski definition) is 5. The molecule has 0 N–H and O–H groups in total. The molecule has 8 rings (SSSR count). The van der Waals surface area contributed by atoms with Gasteiger partial charge < -0.3 is 14.0 Å². The Hall–Kier alpha value is -6.53. The first-order valence-electron chi connectivity index (χ1n) is 20.2. The molecule has 296 valence electrons. The molecule has 0 radical (unpaired) electrons. The summed E-state index contributed by atoms with van der Waals surface area (Å²) in [7, 11) is 0. The topological polar surface area (TPSA) is 53.5 Å². The zero-order chi connectivity index (χ0) is 40.6. The van der Waals surface area contributed by atoms with Gasteiger partial charge in [0.05, 0.1) is 11.4 Å². The molecule has 2 unspecified atom stereocenters. The van der Waals surface area contributed by atoms with E-state index in [1.807, 2.05) is 73.1 Å². The molecular weight excluding hydrogens is 734 g/mol. The Balaban J connectivity index is 0.00000544. The first kappa shape index (κ1) is 41.6. The molecule has 0 saturated heterocycles. The summed E-state index contributed by atoms with van der Waals surface area (Å²) in [5.74, 6) is 1.47. The van der Waals surface area contributed by atoms with Gasteiger partial charge in [-0.2, -0.15) is 0 Å². The van der Waals surface area contributed by atoms with Gasteiger partial charge in [0.2, 0.25) is 0 Å². The summed E-state index contributed by atoms with van der Waals surface area (Å²) < 4.78 is 20.2. The monoisotopic (exact) mass is 784 g/mol. The predicted octanol–water partition coefficient (Wildman–Crippen LogP) is 11.0. The third-order valence-corrected chi connectivity index (χ3v) is 10.7. The summed E-state index contributed by atoms with van der Waals surface area (Å²) >= 11 is 0. The van der Waals surface area contributed by atoms with Gasteiger partial charge in [-0.1, -0.05) is 164 Å². The van der Waals surface area contributed by atoms with Crippen molar-refractivity contribution in [1.29, 1.82) is 0 Å².